The van der Waals surface area contributed by atoms with Crippen LogP contribution in [0.2, 0.25) is 0 Å². The van der Waals surface area contributed by atoms with Crippen molar-refractivity contribution in [3.05, 3.63) is 105 Å². The molecule has 3 aromatic carbocycles. The Morgan fingerprint density at radius 2 is 1.64 bits per heavy atom. The molecule has 11 nitrogen and oxygen atoms in total. The number of unbranched alkanes of at least 4 members (excludes halogenated alkanes) is 1. The lowest BCUT2D eigenvalue weighted by Gasteiger charge is -2.40. The van der Waals surface area contributed by atoms with Gasteiger partial charge >= 0.3 is 18.1 Å². The van der Waals surface area contributed by atoms with E-state index in [4.69, 9.17) is 14.2 Å². The molecule has 17 heteroatoms. The molecule has 0 saturated heterocycles. The number of halogens is 5. The SMILES string of the molecule is COc1cc(/C=C/C(=O)OCCCCO[N+](=O)[O-])ccc1OC(=O)CC[C@H]1CC[C@@](c2cc(F)ccc2F)(S(=O)(=O)c2ccc(C(F)(F)F)cc2)CC1. The molecule has 0 radical (unpaired) electrons. The monoisotopic (exact) mass is 769 g/mol. The first-order valence-electron chi connectivity index (χ1n) is 16.4. The number of esters is 2. The average molecular weight is 770 g/mol. The summed E-state index contributed by atoms with van der Waals surface area (Å²) in [5.74, 6) is -3.03. The van der Waals surface area contributed by atoms with Gasteiger partial charge in [0, 0.05) is 18.1 Å². The Morgan fingerprint density at radius 1 is 0.962 bits per heavy atom. The molecule has 1 aliphatic rings. The van der Waals surface area contributed by atoms with Crippen LogP contribution in [0.4, 0.5) is 22.0 Å². The van der Waals surface area contributed by atoms with Crippen molar-refractivity contribution in [2.24, 2.45) is 5.92 Å². The van der Waals surface area contributed by atoms with E-state index in [-0.39, 0.29) is 69.2 Å². The van der Waals surface area contributed by atoms with Crippen LogP contribution in [0, 0.1) is 27.7 Å². The summed E-state index contributed by atoms with van der Waals surface area (Å²) in [4.78, 5) is 38.7. The van der Waals surface area contributed by atoms with Crippen LogP contribution in [0.5, 0.6) is 11.5 Å². The summed E-state index contributed by atoms with van der Waals surface area (Å²) >= 11 is 0. The number of carbonyl (C=O) groups is 2. The first-order valence-corrected chi connectivity index (χ1v) is 17.9. The zero-order valence-electron chi connectivity index (χ0n) is 28.4. The number of hydrogen-bond acceptors (Lipinski definition) is 10. The zero-order chi connectivity index (χ0) is 38.8. The van der Waals surface area contributed by atoms with E-state index in [9.17, 15) is 45.7 Å². The van der Waals surface area contributed by atoms with Crippen molar-refractivity contribution < 1.29 is 64.1 Å². The lowest BCUT2D eigenvalue weighted by Crippen LogP contribution is -2.40. The lowest BCUT2D eigenvalue weighted by atomic mass is 9.76. The van der Waals surface area contributed by atoms with E-state index in [1.807, 2.05) is 0 Å². The molecule has 0 amide bonds. The first-order chi connectivity index (χ1) is 25.1. The fraction of sp³-hybridized carbons (Fsp3) is 0.389. The maximum Gasteiger partial charge on any atom is 0.416 e. The van der Waals surface area contributed by atoms with Gasteiger partial charge in [0.15, 0.2) is 21.3 Å². The smallest absolute Gasteiger partial charge is 0.416 e. The van der Waals surface area contributed by atoms with E-state index < -0.39 is 65.4 Å². The molecule has 0 heterocycles. The fourth-order valence-corrected chi connectivity index (χ4v) is 8.27. The molecule has 0 bridgehead atoms. The average Bonchev–Trinajstić information content (AvgIpc) is 3.12. The standard InChI is InChI=1S/C36H36F5NO10S/c1-49-32-22-25(6-14-33(43)50-20-2-3-21-51-42(45)46)4-13-31(32)52-34(44)15-5-24-16-18-35(19-17-24,29-23-27(37)9-12-30(29)38)53(47,48)28-10-7-26(8-11-28)36(39,40)41/h4,6-14,22-24H,2-3,5,15-21H2,1H3/b14-6+/t24-,35+. The van der Waals surface area contributed by atoms with E-state index in [2.05, 4.69) is 4.84 Å². The molecule has 3 aromatic rings. The molecule has 0 spiro atoms. The summed E-state index contributed by atoms with van der Waals surface area (Å²) in [5, 5.41) is 9.22. The maximum atomic E-state index is 15.2. The van der Waals surface area contributed by atoms with Crippen molar-refractivity contribution in [1.29, 1.82) is 0 Å². The number of carbonyl (C=O) groups excluding carboxylic acids is 2. The minimum Gasteiger partial charge on any atom is -0.493 e. The van der Waals surface area contributed by atoms with Crippen molar-refractivity contribution >= 4 is 27.9 Å². The Bertz CT molecular complexity index is 1910. The Labute approximate surface area is 301 Å². The van der Waals surface area contributed by atoms with Crippen LogP contribution in [0.15, 0.2) is 71.6 Å². The van der Waals surface area contributed by atoms with Crippen LogP contribution in [0.3, 0.4) is 0 Å². The van der Waals surface area contributed by atoms with Crippen molar-refractivity contribution in [2.75, 3.05) is 20.3 Å². The minimum absolute atomic E-state index is 0.0393. The van der Waals surface area contributed by atoms with Gasteiger partial charge in [-0.25, -0.2) is 22.0 Å². The minimum atomic E-state index is -4.71. The highest BCUT2D eigenvalue weighted by atomic mass is 32.2. The summed E-state index contributed by atoms with van der Waals surface area (Å²) in [5.41, 5.74) is -0.948. The molecule has 53 heavy (non-hydrogen) atoms. The molecule has 0 unspecified atom stereocenters. The number of alkyl halides is 3. The van der Waals surface area contributed by atoms with Gasteiger partial charge in [0.1, 0.15) is 16.4 Å². The van der Waals surface area contributed by atoms with Gasteiger partial charge in [-0.05, 0) is 117 Å². The Kier molecular flexibility index (Phi) is 13.5. The van der Waals surface area contributed by atoms with Crippen LogP contribution in [-0.4, -0.2) is 45.8 Å². The van der Waals surface area contributed by atoms with Crippen LogP contribution >= 0.6 is 0 Å². The molecule has 1 fully saturated rings. The molecular weight excluding hydrogens is 733 g/mol. The largest absolute Gasteiger partial charge is 0.493 e. The summed E-state index contributed by atoms with van der Waals surface area (Å²) < 4.78 is 111. The normalized spacial score (nSPS) is 17.7. The highest BCUT2D eigenvalue weighted by Crippen LogP contribution is 2.50. The Hall–Kier alpha value is -5.06. The van der Waals surface area contributed by atoms with E-state index in [1.165, 1.54) is 31.4 Å². The second-order valence-electron chi connectivity index (χ2n) is 12.3. The first kappa shape index (κ1) is 40.7. The van der Waals surface area contributed by atoms with Crippen LogP contribution in [-0.2, 0) is 39.9 Å². The van der Waals surface area contributed by atoms with Crippen molar-refractivity contribution in [3.8, 4) is 11.5 Å². The molecule has 1 saturated carbocycles. The van der Waals surface area contributed by atoms with Gasteiger partial charge in [-0.15, -0.1) is 10.1 Å². The van der Waals surface area contributed by atoms with E-state index in [0.717, 1.165) is 30.3 Å². The maximum absolute atomic E-state index is 15.2. The topological polar surface area (TPSA) is 148 Å². The van der Waals surface area contributed by atoms with Gasteiger partial charge in [0.05, 0.1) is 30.8 Å². The van der Waals surface area contributed by atoms with Crippen molar-refractivity contribution in [3.63, 3.8) is 0 Å². The predicted molar refractivity (Wildman–Crippen MR) is 179 cm³/mol. The van der Waals surface area contributed by atoms with Gasteiger partial charge in [-0.2, -0.15) is 13.2 Å². The van der Waals surface area contributed by atoms with Gasteiger partial charge in [-0.3, -0.25) is 4.79 Å². The number of hydrogen-bond donors (Lipinski definition) is 0. The number of nitrogens with zero attached hydrogens (tertiary/aromatic N) is 1. The second kappa shape index (κ2) is 17.6. The Morgan fingerprint density at radius 3 is 2.28 bits per heavy atom. The molecule has 0 aromatic heterocycles. The van der Waals surface area contributed by atoms with Crippen LogP contribution in [0.25, 0.3) is 6.08 Å². The molecule has 1 aliphatic carbocycles. The molecule has 286 valence electrons. The number of sulfone groups is 1. The van der Waals surface area contributed by atoms with E-state index >= 15 is 4.39 Å². The van der Waals surface area contributed by atoms with Crippen LogP contribution < -0.4 is 9.47 Å². The molecular formula is C36H36F5NO10S. The number of rotatable bonds is 16. The summed E-state index contributed by atoms with van der Waals surface area (Å²) in [6.07, 6.45) is -1.18. The number of benzene rings is 3. The molecule has 0 N–H and O–H groups in total. The number of ether oxygens (including phenoxy) is 3. The number of methoxy groups -OCH3 is 1. The molecule has 0 atom stereocenters. The highest BCUT2D eigenvalue weighted by molar-refractivity contribution is 7.92. The Balaban J connectivity index is 1.37. The van der Waals surface area contributed by atoms with Gasteiger partial charge in [0.25, 0.3) is 5.09 Å². The zero-order valence-corrected chi connectivity index (χ0v) is 29.2. The predicted octanol–water partition coefficient (Wildman–Crippen LogP) is 7.78. The summed E-state index contributed by atoms with van der Waals surface area (Å²) in [6, 6.07) is 9.90. The van der Waals surface area contributed by atoms with Crippen molar-refractivity contribution in [2.45, 2.75) is 67.2 Å². The third-order valence-corrected chi connectivity index (χ3v) is 11.4. The van der Waals surface area contributed by atoms with Crippen molar-refractivity contribution in [1.82, 2.24) is 0 Å². The molecule has 4 rings (SSSR count). The highest BCUT2D eigenvalue weighted by Gasteiger charge is 2.50. The van der Waals surface area contributed by atoms with Gasteiger partial charge < -0.3 is 19.0 Å². The lowest BCUT2D eigenvalue weighted by molar-refractivity contribution is -0.757. The van der Waals surface area contributed by atoms with Gasteiger partial charge in [-0.1, -0.05) is 6.07 Å². The summed E-state index contributed by atoms with van der Waals surface area (Å²) in [7, 11) is -3.18. The van der Waals surface area contributed by atoms with Gasteiger partial charge in [0.2, 0.25) is 0 Å². The quantitative estimate of drug-likeness (QED) is 0.0269. The third-order valence-electron chi connectivity index (χ3n) is 8.90. The molecule has 0 aliphatic heterocycles. The van der Waals surface area contributed by atoms with E-state index in [0.29, 0.717) is 30.5 Å². The van der Waals surface area contributed by atoms with Crippen LogP contribution in [0.1, 0.15) is 68.1 Å². The second-order valence-corrected chi connectivity index (χ2v) is 14.5. The fourth-order valence-electron chi connectivity index (χ4n) is 6.11. The third kappa shape index (κ3) is 10.5. The summed E-state index contributed by atoms with van der Waals surface area (Å²) in [6.45, 7) is -0.0697. The van der Waals surface area contributed by atoms with E-state index in [1.54, 1.807) is 6.07 Å².